The molecule has 1 aliphatic heterocycles. The molecule has 1 saturated heterocycles. The summed E-state index contributed by atoms with van der Waals surface area (Å²) in [6, 6.07) is 5.42. The highest BCUT2D eigenvalue weighted by Gasteiger charge is 2.20. The van der Waals surface area contributed by atoms with Gasteiger partial charge in [-0.15, -0.1) is 0 Å². The van der Waals surface area contributed by atoms with E-state index in [1.54, 1.807) is 18.2 Å². The van der Waals surface area contributed by atoms with Crippen LogP contribution in [0.25, 0.3) is 10.9 Å². The minimum Gasteiger partial charge on any atom is -0.350 e. The van der Waals surface area contributed by atoms with Crippen LogP contribution in [0.3, 0.4) is 0 Å². The Labute approximate surface area is 133 Å². The molecule has 6 heteroatoms. The van der Waals surface area contributed by atoms with Crippen LogP contribution in [-0.4, -0.2) is 42.0 Å². The number of aromatic amines is 1. The molecular weight excluding hydrogens is 309 g/mol. The Bertz CT molecular complexity index is 683. The van der Waals surface area contributed by atoms with E-state index in [4.69, 9.17) is 23.2 Å². The smallest absolute Gasteiger partial charge is 0.267 e. The molecule has 4 nitrogen and oxygen atoms in total. The van der Waals surface area contributed by atoms with Gasteiger partial charge in [0.2, 0.25) is 0 Å². The molecule has 3 rings (SSSR count). The van der Waals surface area contributed by atoms with E-state index in [1.165, 1.54) is 0 Å². The summed E-state index contributed by atoms with van der Waals surface area (Å²) in [7, 11) is 2.07. The lowest BCUT2D eigenvalue weighted by molar-refractivity contribution is 0.0908. The third-order valence-electron chi connectivity index (χ3n) is 3.86. The van der Waals surface area contributed by atoms with Crippen LogP contribution in [0.15, 0.2) is 18.2 Å². The van der Waals surface area contributed by atoms with Gasteiger partial charge < -0.3 is 15.2 Å². The van der Waals surface area contributed by atoms with Gasteiger partial charge in [-0.25, -0.2) is 0 Å². The third kappa shape index (κ3) is 3.18. The van der Waals surface area contributed by atoms with E-state index < -0.39 is 0 Å². The van der Waals surface area contributed by atoms with Gasteiger partial charge in [-0.2, -0.15) is 0 Å². The normalized spacial score (nSPS) is 19.9. The lowest BCUT2D eigenvalue weighted by atomic mass is 10.1. The Morgan fingerprint density at radius 3 is 2.95 bits per heavy atom. The van der Waals surface area contributed by atoms with Gasteiger partial charge >= 0.3 is 0 Å². The first-order chi connectivity index (χ1) is 10.0. The largest absolute Gasteiger partial charge is 0.350 e. The average Bonchev–Trinajstić information content (AvgIpc) is 2.83. The number of halogens is 2. The summed E-state index contributed by atoms with van der Waals surface area (Å²) in [4.78, 5) is 17.7. The van der Waals surface area contributed by atoms with Crippen molar-refractivity contribution in [1.82, 2.24) is 15.2 Å². The van der Waals surface area contributed by atoms with Crippen molar-refractivity contribution in [3.8, 4) is 0 Å². The van der Waals surface area contributed by atoms with Crippen molar-refractivity contribution in [2.45, 2.75) is 18.9 Å². The van der Waals surface area contributed by atoms with E-state index >= 15 is 0 Å². The van der Waals surface area contributed by atoms with Crippen LogP contribution in [0.2, 0.25) is 10.0 Å². The topological polar surface area (TPSA) is 48.1 Å². The number of likely N-dealkylation sites (N-methyl/N-ethyl adjacent to an activating group) is 1. The number of nitrogens with zero attached hydrogens (tertiary/aromatic N) is 1. The molecule has 2 heterocycles. The van der Waals surface area contributed by atoms with Crippen molar-refractivity contribution in [2.24, 2.45) is 0 Å². The molecule has 1 aliphatic rings. The third-order valence-corrected chi connectivity index (χ3v) is 4.39. The van der Waals surface area contributed by atoms with Crippen LogP contribution in [0.4, 0.5) is 0 Å². The number of aromatic nitrogens is 1. The van der Waals surface area contributed by atoms with E-state index in [1.807, 2.05) is 0 Å². The number of amides is 1. The van der Waals surface area contributed by atoms with Crippen molar-refractivity contribution in [1.29, 1.82) is 0 Å². The second kappa shape index (κ2) is 5.87. The van der Waals surface area contributed by atoms with Crippen LogP contribution >= 0.6 is 23.2 Å². The van der Waals surface area contributed by atoms with Gasteiger partial charge in [0, 0.05) is 28.5 Å². The number of nitrogens with one attached hydrogen (secondary N) is 2. The minimum atomic E-state index is -0.0984. The molecule has 0 saturated carbocycles. The number of piperidine rings is 1. The number of carbonyl (C=O) groups is 1. The van der Waals surface area contributed by atoms with Gasteiger partial charge in [0.15, 0.2) is 0 Å². The van der Waals surface area contributed by atoms with Crippen molar-refractivity contribution in [3.63, 3.8) is 0 Å². The lowest BCUT2D eigenvalue weighted by Gasteiger charge is -2.30. The maximum absolute atomic E-state index is 12.3. The summed E-state index contributed by atoms with van der Waals surface area (Å²) in [5, 5.41) is 4.98. The number of rotatable bonds is 2. The summed E-state index contributed by atoms with van der Waals surface area (Å²) in [6.07, 6.45) is 2.12. The van der Waals surface area contributed by atoms with Crippen LogP contribution < -0.4 is 5.32 Å². The highest BCUT2D eigenvalue weighted by atomic mass is 35.5. The number of fused-ring (bicyclic) bond motifs is 1. The highest BCUT2D eigenvalue weighted by molar-refractivity contribution is 6.38. The van der Waals surface area contributed by atoms with Gasteiger partial charge in [-0.05, 0) is 44.6 Å². The van der Waals surface area contributed by atoms with E-state index in [-0.39, 0.29) is 11.9 Å². The number of hydrogen-bond acceptors (Lipinski definition) is 2. The van der Waals surface area contributed by atoms with Gasteiger partial charge in [0.05, 0.1) is 5.02 Å². The Hall–Kier alpha value is -1.23. The zero-order valence-corrected chi connectivity index (χ0v) is 13.3. The monoisotopic (exact) mass is 325 g/mol. The van der Waals surface area contributed by atoms with Crippen LogP contribution in [0.1, 0.15) is 23.3 Å². The SMILES string of the molecule is CN1CCC[C@@H](NC(=O)c2cc3c(Cl)cc(Cl)cc3[nH]2)C1. The van der Waals surface area contributed by atoms with Crippen molar-refractivity contribution in [2.75, 3.05) is 20.1 Å². The predicted octanol–water partition coefficient (Wildman–Crippen LogP) is 3.30. The van der Waals surface area contributed by atoms with Gasteiger partial charge in [0.25, 0.3) is 5.91 Å². The fourth-order valence-electron chi connectivity index (χ4n) is 2.83. The molecule has 0 aliphatic carbocycles. The fraction of sp³-hybridized carbons (Fsp3) is 0.400. The molecule has 112 valence electrons. The molecule has 0 unspecified atom stereocenters. The zero-order valence-electron chi connectivity index (χ0n) is 11.7. The predicted molar refractivity (Wildman–Crippen MR) is 86.3 cm³/mol. The summed E-state index contributed by atoms with van der Waals surface area (Å²) < 4.78 is 0. The fourth-order valence-corrected chi connectivity index (χ4v) is 3.38. The van der Waals surface area contributed by atoms with Crippen molar-refractivity contribution < 1.29 is 4.79 Å². The summed E-state index contributed by atoms with van der Waals surface area (Å²) >= 11 is 12.1. The molecule has 0 radical (unpaired) electrons. The van der Waals surface area contributed by atoms with E-state index in [0.717, 1.165) is 36.8 Å². The number of likely N-dealkylation sites (tertiary alicyclic amines) is 1. The first-order valence-electron chi connectivity index (χ1n) is 7.00. The number of H-pyrrole nitrogens is 1. The number of carbonyl (C=O) groups excluding carboxylic acids is 1. The van der Waals surface area contributed by atoms with Crippen molar-refractivity contribution in [3.05, 3.63) is 33.9 Å². The zero-order chi connectivity index (χ0) is 15.0. The molecule has 21 heavy (non-hydrogen) atoms. The van der Waals surface area contributed by atoms with Gasteiger partial charge in [0.1, 0.15) is 5.69 Å². The molecular formula is C15H17Cl2N3O. The second-order valence-electron chi connectivity index (χ2n) is 5.61. The Balaban J connectivity index is 1.80. The molecule has 0 spiro atoms. The molecule has 1 atom stereocenters. The molecule has 2 aromatic rings. The molecule has 1 aromatic heterocycles. The highest BCUT2D eigenvalue weighted by Crippen LogP contribution is 2.28. The number of hydrogen-bond donors (Lipinski definition) is 2. The first kappa shape index (κ1) is 14.7. The maximum Gasteiger partial charge on any atom is 0.267 e. The van der Waals surface area contributed by atoms with Crippen molar-refractivity contribution >= 4 is 40.0 Å². The van der Waals surface area contributed by atoms with Crippen LogP contribution in [0, 0.1) is 0 Å². The summed E-state index contributed by atoms with van der Waals surface area (Å²) in [6.45, 7) is 1.98. The van der Waals surface area contributed by atoms with Crippen LogP contribution in [0.5, 0.6) is 0 Å². The van der Waals surface area contributed by atoms with E-state index in [0.29, 0.717) is 15.7 Å². The second-order valence-corrected chi connectivity index (χ2v) is 6.45. The molecule has 1 aromatic carbocycles. The minimum absolute atomic E-state index is 0.0984. The van der Waals surface area contributed by atoms with Gasteiger partial charge in [-0.1, -0.05) is 23.2 Å². The summed E-state index contributed by atoms with van der Waals surface area (Å²) in [5.41, 5.74) is 1.29. The lowest BCUT2D eigenvalue weighted by Crippen LogP contribution is -2.46. The van der Waals surface area contributed by atoms with Crippen LogP contribution in [-0.2, 0) is 0 Å². The quantitative estimate of drug-likeness (QED) is 0.890. The number of benzene rings is 1. The first-order valence-corrected chi connectivity index (χ1v) is 7.75. The average molecular weight is 326 g/mol. The molecule has 2 N–H and O–H groups in total. The molecule has 1 fully saturated rings. The summed E-state index contributed by atoms with van der Waals surface area (Å²) in [5.74, 6) is -0.0984. The Morgan fingerprint density at radius 1 is 1.38 bits per heavy atom. The Morgan fingerprint density at radius 2 is 2.19 bits per heavy atom. The molecule has 0 bridgehead atoms. The van der Waals surface area contributed by atoms with E-state index in [9.17, 15) is 4.79 Å². The Kier molecular flexibility index (Phi) is 4.11. The maximum atomic E-state index is 12.3. The van der Waals surface area contributed by atoms with E-state index in [2.05, 4.69) is 22.2 Å². The van der Waals surface area contributed by atoms with Gasteiger partial charge in [-0.3, -0.25) is 4.79 Å². The standard InChI is InChI=1S/C15H17Cl2N3O/c1-20-4-2-3-10(8-20)18-15(21)14-7-11-12(17)5-9(16)6-13(11)19-14/h5-7,10,19H,2-4,8H2,1H3,(H,18,21)/t10-/m1/s1. The molecule has 1 amide bonds.